The number of nitrogens with zero attached hydrogens (tertiary/aromatic N) is 1. The summed E-state index contributed by atoms with van der Waals surface area (Å²) in [5.74, 6) is -0.0227. The second-order valence-electron chi connectivity index (χ2n) is 4.11. The fourth-order valence-corrected chi connectivity index (χ4v) is 2.13. The molecule has 0 bridgehead atoms. The molecule has 17 heavy (non-hydrogen) atoms. The van der Waals surface area contributed by atoms with Crippen LogP contribution in [-0.2, 0) is 9.53 Å². The molecule has 0 spiro atoms. The molecule has 2 N–H and O–H groups in total. The van der Waals surface area contributed by atoms with Crippen LogP contribution in [-0.4, -0.2) is 31.7 Å². The molecule has 1 aromatic rings. The van der Waals surface area contributed by atoms with E-state index >= 15 is 0 Å². The maximum absolute atomic E-state index is 11.8. The van der Waals surface area contributed by atoms with E-state index in [-0.39, 0.29) is 18.6 Å². The van der Waals surface area contributed by atoms with Crippen molar-refractivity contribution in [3.05, 3.63) is 28.2 Å². The summed E-state index contributed by atoms with van der Waals surface area (Å²) in [5.41, 5.74) is 7.60. The molecule has 2 rings (SSSR count). The zero-order valence-corrected chi connectivity index (χ0v) is 11.2. The lowest BCUT2D eigenvalue weighted by Gasteiger charge is -2.32. The topological polar surface area (TPSA) is 55.6 Å². The number of morpholine rings is 1. The Hall–Kier alpha value is -0.910. The molecule has 0 radical (unpaired) electrons. The Morgan fingerprint density at radius 2 is 2.35 bits per heavy atom. The van der Waals surface area contributed by atoms with Gasteiger partial charge in [0.1, 0.15) is 6.61 Å². The number of anilines is 1. The quantitative estimate of drug-likeness (QED) is 0.899. The van der Waals surface area contributed by atoms with Gasteiger partial charge in [0.2, 0.25) is 0 Å². The van der Waals surface area contributed by atoms with E-state index in [1.165, 1.54) is 0 Å². The predicted molar refractivity (Wildman–Crippen MR) is 70.0 cm³/mol. The number of aryl methyl sites for hydroxylation is 1. The highest BCUT2D eigenvalue weighted by atomic mass is 79.9. The molecular formula is C12H15BrN2O2. The van der Waals surface area contributed by atoms with Gasteiger partial charge < -0.3 is 15.4 Å². The average molecular weight is 299 g/mol. The van der Waals surface area contributed by atoms with E-state index in [2.05, 4.69) is 15.9 Å². The van der Waals surface area contributed by atoms with Crippen LogP contribution in [0.25, 0.3) is 0 Å². The highest BCUT2D eigenvalue weighted by Crippen LogP contribution is 2.25. The third kappa shape index (κ3) is 2.68. The summed E-state index contributed by atoms with van der Waals surface area (Å²) in [6, 6.07) is 5.88. The summed E-state index contributed by atoms with van der Waals surface area (Å²) in [6.07, 6.45) is -0.0761. The second-order valence-corrected chi connectivity index (χ2v) is 4.96. The van der Waals surface area contributed by atoms with Gasteiger partial charge in [0.05, 0.1) is 12.6 Å². The Kier molecular flexibility index (Phi) is 3.81. The molecule has 4 nitrogen and oxygen atoms in total. The number of hydrogen-bond acceptors (Lipinski definition) is 3. The standard InChI is InChI=1S/C12H15BrN2O2/c1-8-2-3-9(4-11(8)13)15-6-10(5-14)17-7-12(15)16/h2-4,10H,5-7,14H2,1H3. The van der Waals surface area contributed by atoms with Gasteiger partial charge in [-0.05, 0) is 24.6 Å². The Labute approximate surface area is 109 Å². The predicted octanol–water partition coefficient (Wildman–Crippen LogP) is 1.45. The number of hydrogen-bond donors (Lipinski definition) is 1. The monoisotopic (exact) mass is 298 g/mol. The van der Waals surface area contributed by atoms with E-state index in [9.17, 15) is 4.79 Å². The first-order valence-corrected chi connectivity index (χ1v) is 6.29. The van der Waals surface area contributed by atoms with Crippen LogP contribution in [0.5, 0.6) is 0 Å². The molecule has 92 valence electrons. The van der Waals surface area contributed by atoms with Gasteiger partial charge in [-0.15, -0.1) is 0 Å². The van der Waals surface area contributed by atoms with Crippen LogP contribution in [0.1, 0.15) is 5.56 Å². The van der Waals surface area contributed by atoms with Crippen LogP contribution in [0.15, 0.2) is 22.7 Å². The lowest BCUT2D eigenvalue weighted by atomic mass is 10.2. The highest BCUT2D eigenvalue weighted by molar-refractivity contribution is 9.10. The van der Waals surface area contributed by atoms with Crippen molar-refractivity contribution in [1.29, 1.82) is 0 Å². The minimum Gasteiger partial charge on any atom is -0.365 e. The third-order valence-corrected chi connectivity index (χ3v) is 3.71. The number of ether oxygens (including phenoxy) is 1. The molecule has 1 atom stereocenters. The highest BCUT2D eigenvalue weighted by Gasteiger charge is 2.26. The van der Waals surface area contributed by atoms with Crippen LogP contribution in [0.3, 0.4) is 0 Å². The lowest BCUT2D eigenvalue weighted by Crippen LogP contribution is -2.49. The molecule has 1 fully saturated rings. The minimum atomic E-state index is -0.0761. The van der Waals surface area contributed by atoms with E-state index in [1.54, 1.807) is 4.90 Å². The summed E-state index contributed by atoms with van der Waals surface area (Å²) in [4.78, 5) is 13.5. The number of rotatable bonds is 2. The molecule has 0 aromatic heterocycles. The number of halogens is 1. The number of nitrogens with two attached hydrogens (primary N) is 1. The van der Waals surface area contributed by atoms with Crippen LogP contribution in [0.4, 0.5) is 5.69 Å². The van der Waals surface area contributed by atoms with Crippen molar-refractivity contribution in [3.8, 4) is 0 Å². The molecule has 1 unspecified atom stereocenters. The van der Waals surface area contributed by atoms with Crippen LogP contribution < -0.4 is 10.6 Å². The molecule has 1 aliphatic heterocycles. The first kappa shape index (κ1) is 12.5. The van der Waals surface area contributed by atoms with Gasteiger partial charge >= 0.3 is 0 Å². The minimum absolute atomic E-state index is 0.0227. The van der Waals surface area contributed by atoms with E-state index in [1.807, 2.05) is 25.1 Å². The first-order chi connectivity index (χ1) is 8.11. The van der Waals surface area contributed by atoms with E-state index in [0.29, 0.717) is 13.1 Å². The smallest absolute Gasteiger partial charge is 0.253 e. The maximum atomic E-state index is 11.8. The van der Waals surface area contributed by atoms with Crippen LogP contribution in [0, 0.1) is 6.92 Å². The van der Waals surface area contributed by atoms with Crippen LogP contribution in [0.2, 0.25) is 0 Å². The summed E-state index contributed by atoms with van der Waals surface area (Å²) < 4.78 is 6.32. The molecule has 0 aliphatic carbocycles. The molecule has 1 amide bonds. The molecule has 1 saturated heterocycles. The number of carbonyl (C=O) groups is 1. The van der Waals surface area contributed by atoms with Gasteiger partial charge in [-0.1, -0.05) is 22.0 Å². The van der Waals surface area contributed by atoms with Crippen molar-refractivity contribution in [1.82, 2.24) is 0 Å². The summed E-state index contributed by atoms with van der Waals surface area (Å²) in [6.45, 7) is 3.06. The Bertz CT molecular complexity index is 437. The largest absolute Gasteiger partial charge is 0.365 e. The van der Waals surface area contributed by atoms with Gasteiger partial charge in [0.15, 0.2) is 0 Å². The first-order valence-electron chi connectivity index (χ1n) is 5.50. The summed E-state index contributed by atoms with van der Waals surface area (Å²) in [5, 5.41) is 0. The Morgan fingerprint density at radius 1 is 1.59 bits per heavy atom. The SMILES string of the molecule is Cc1ccc(N2CC(CN)OCC2=O)cc1Br. The molecule has 0 saturated carbocycles. The lowest BCUT2D eigenvalue weighted by molar-refractivity contribution is -0.128. The normalized spacial score (nSPS) is 20.8. The molecule has 1 aromatic carbocycles. The fraction of sp³-hybridized carbons (Fsp3) is 0.417. The fourth-order valence-electron chi connectivity index (χ4n) is 1.77. The summed E-state index contributed by atoms with van der Waals surface area (Å²) >= 11 is 3.47. The van der Waals surface area contributed by atoms with Crippen molar-refractivity contribution in [2.75, 3.05) is 24.6 Å². The zero-order chi connectivity index (χ0) is 12.4. The Balaban J connectivity index is 2.24. The zero-order valence-electron chi connectivity index (χ0n) is 9.65. The van der Waals surface area contributed by atoms with Gasteiger partial charge in [-0.3, -0.25) is 4.79 Å². The van der Waals surface area contributed by atoms with E-state index < -0.39 is 0 Å². The number of benzene rings is 1. The Morgan fingerprint density at radius 3 is 3.00 bits per heavy atom. The van der Waals surface area contributed by atoms with Crippen molar-refractivity contribution in [3.63, 3.8) is 0 Å². The van der Waals surface area contributed by atoms with Gasteiger partial charge in [-0.25, -0.2) is 0 Å². The van der Waals surface area contributed by atoms with Crippen molar-refractivity contribution in [2.45, 2.75) is 13.0 Å². The molecule has 5 heteroatoms. The van der Waals surface area contributed by atoms with Gasteiger partial charge in [0, 0.05) is 16.7 Å². The van der Waals surface area contributed by atoms with Gasteiger partial charge in [-0.2, -0.15) is 0 Å². The van der Waals surface area contributed by atoms with E-state index in [0.717, 1.165) is 15.7 Å². The summed E-state index contributed by atoms with van der Waals surface area (Å²) in [7, 11) is 0. The van der Waals surface area contributed by atoms with Gasteiger partial charge in [0.25, 0.3) is 5.91 Å². The van der Waals surface area contributed by atoms with Crippen molar-refractivity contribution >= 4 is 27.5 Å². The molecule has 1 heterocycles. The second kappa shape index (κ2) is 5.16. The average Bonchev–Trinajstić information content (AvgIpc) is 2.33. The van der Waals surface area contributed by atoms with Crippen molar-refractivity contribution < 1.29 is 9.53 Å². The van der Waals surface area contributed by atoms with E-state index in [4.69, 9.17) is 10.5 Å². The molecule has 1 aliphatic rings. The maximum Gasteiger partial charge on any atom is 0.253 e. The van der Waals surface area contributed by atoms with Crippen LogP contribution >= 0.6 is 15.9 Å². The number of amides is 1. The number of carbonyl (C=O) groups excluding carboxylic acids is 1. The molecular weight excluding hydrogens is 284 g/mol. The third-order valence-electron chi connectivity index (χ3n) is 2.86. The van der Waals surface area contributed by atoms with Crippen molar-refractivity contribution in [2.24, 2.45) is 5.73 Å².